The van der Waals surface area contributed by atoms with Gasteiger partial charge in [-0.1, -0.05) is 66.2 Å². The number of halogens is 1. The number of carboxylic acids is 1. The molecule has 0 saturated heterocycles. The van der Waals surface area contributed by atoms with Gasteiger partial charge < -0.3 is 9.84 Å². The third-order valence-electron chi connectivity index (χ3n) is 4.21. The molecule has 0 spiro atoms. The zero-order valence-corrected chi connectivity index (χ0v) is 18.9. The van der Waals surface area contributed by atoms with Crippen LogP contribution in [0, 0.1) is 10.5 Å². The van der Waals surface area contributed by atoms with Crippen molar-refractivity contribution < 1.29 is 14.6 Å². The first-order chi connectivity index (χ1) is 14.0. The molecule has 148 valence electrons. The van der Waals surface area contributed by atoms with Gasteiger partial charge in [-0.2, -0.15) is 0 Å². The molecular formula is C24H21IO3S. The second-order valence-corrected chi connectivity index (χ2v) is 8.69. The monoisotopic (exact) mass is 516 g/mol. The predicted molar refractivity (Wildman–Crippen MR) is 128 cm³/mol. The Morgan fingerprint density at radius 1 is 1.03 bits per heavy atom. The van der Waals surface area contributed by atoms with Crippen molar-refractivity contribution in [3.05, 3.63) is 99.1 Å². The molecule has 1 N–H and O–H groups in total. The Balaban J connectivity index is 1.76. The molecule has 3 aromatic rings. The van der Waals surface area contributed by atoms with Gasteiger partial charge >= 0.3 is 5.97 Å². The zero-order valence-electron chi connectivity index (χ0n) is 16.0. The van der Waals surface area contributed by atoms with E-state index in [4.69, 9.17) is 9.84 Å². The predicted octanol–water partition coefficient (Wildman–Crippen LogP) is 6.29. The lowest BCUT2D eigenvalue weighted by molar-refractivity contribution is -0.139. The summed E-state index contributed by atoms with van der Waals surface area (Å²) in [6, 6.07) is 24.8. The molecule has 0 atom stereocenters. The maximum absolute atomic E-state index is 10.7. The molecule has 0 heterocycles. The van der Waals surface area contributed by atoms with E-state index < -0.39 is 5.97 Å². The van der Waals surface area contributed by atoms with Crippen LogP contribution >= 0.6 is 34.4 Å². The number of hydrogen-bond acceptors (Lipinski definition) is 3. The number of thioether (sulfide) groups is 1. The van der Waals surface area contributed by atoms with Gasteiger partial charge in [0, 0.05) is 10.6 Å². The molecule has 0 aromatic heterocycles. The highest BCUT2D eigenvalue weighted by Crippen LogP contribution is 2.29. The van der Waals surface area contributed by atoms with E-state index >= 15 is 0 Å². The van der Waals surface area contributed by atoms with Crippen LogP contribution in [-0.4, -0.2) is 23.4 Å². The van der Waals surface area contributed by atoms with Crippen LogP contribution in [0.5, 0.6) is 5.75 Å². The number of rotatable bonds is 8. The summed E-state index contributed by atoms with van der Waals surface area (Å²) in [5.74, 6) is 0.440. The molecule has 3 nitrogen and oxygen atoms in total. The van der Waals surface area contributed by atoms with Crippen LogP contribution in [-0.2, 0) is 4.79 Å². The van der Waals surface area contributed by atoms with Crippen molar-refractivity contribution in [3.8, 4) is 5.75 Å². The normalized spacial score (nSPS) is 11.3. The number of hydrogen-bond donors (Lipinski definition) is 1. The maximum Gasteiger partial charge on any atom is 0.341 e. The molecular weight excluding hydrogens is 495 g/mol. The number of carbonyl (C=O) groups is 1. The van der Waals surface area contributed by atoms with E-state index in [1.54, 1.807) is 11.8 Å². The van der Waals surface area contributed by atoms with Gasteiger partial charge in [0.15, 0.2) is 6.61 Å². The summed E-state index contributed by atoms with van der Waals surface area (Å²) >= 11 is 3.91. The molecule has 5 heteroatoms. The van der Waals surface area contributed by atoms with E-state index in [2.05, 4.69) is 84.1 Å². The average Bonchev–Trinajstić information content (AvgIpc) is 2.71. The second kappa shape index (κ2) is 10.5. The van der Waals surface area contributed by atoms with Crippen molar-refractivity contribution in [1.29, 1.82) is 0 Å². The van der Waals surface area contributed by atoms with E-state index in [-0.39, 0.29) is 6.61 Å². The van der Waals surface area contributed by atoms with Gasteiger partial charge in [-0.3, -0.25) is 0 Å². The van der Waals surface area contributed by atoms with E-state index in [1.807, 2.05) is 24.3 Å². The molecule has 0 unspecified atom stereocenters. The molecule has 0 amide bonds. The van der Waals surface area contributed by atoms with Gasteiger partial charge in [-0.25, -0.2) is 4.79 Å². The summed E-state index contributed by atoms with van der Waals surface area (Å²) < 4.78 is 6.20. The van der Waals surface area contributed by atoms with Crippen molar-refractivity contribution in [1.82, 2.24) is 0 Å². The van der Waals surface area contributed by atoms with Crippen LogP contribution < -0.4 is 4.74 Å². The van der Waals surface area contributed by atoms with Crippen molar-refractivity contribution in [2.24, 2.45) is 0 Å². The maximum atomic E-state index is 10.7. The third kappa shape index (κ3) is 6.37. The van der Waals surface area contributed by atoms with Crippen molar-refractivity contribution >= 4 is 45.9 Å². The average molecular weight is 516 g/mol. The molecule has 0 aliphatic rings. The molecule has 0 fully saturated rings. The third-order valence-corrected chi connectivity index (χ3v) is 5.97. The Morgan fingerprint density at radius 3 is 2.48 bits per heavy atom. The summed E-state index contributed by atoms with van der Waals surface area (Å²) in [4.78, 5) is 11.8. The van der Waals surface area contributed by atoms with E-state index in [9.17, 15) is 4.79 Å². The van der Waals surface area contributed by atoms with Crippen LogP contribution in [0.1, 0.15) is 16.7 Å². The van der Waals surface area contributed by atoms with Crippen LogP contribution in [0.15, 0.2) is 83.8 Å². The van der Waals surface area contributed by atoms with Crippen molar-refractivity contribution in [3.63, 3.8) is 0 Å². The molecule has 0 bridgehead atoms. The van der Waals surface area contributed by atoms with E-state index in [1.165, 1.54) is 22.3 Å². The molecule has 0 aliphatic carbocycles. The second-order valence-electron chi connectivity index (χ2n) is 6.44. The first kappa shape index (κ1) is 21.5. The molecule has 3 rings (SSSR count). The summed E-state index contributed by atoms with van der Waals surface area (Å²) in [5.41, 5.74) is 4.87. The fourth-order valence-electron chi connectivity index (χ4n) is 2.88. The highest BCUT2D eigenvalue weighted by atomic mass is 127. The fourth-order valence-corrected chi connectivity index (χ4v) is 4.57. The van der Waals surface area contributed by atoms with Gasteiger partial charge in [0.1, 0.15) is 5.75 Å². The Morgan fingerprint density at radius 2 is 1.79 bits per heavy atom. The first-order valence-corrected chi connectivity index (χ1v) is 11.2. The minimum Gasteiger partial charge on any atom is -0.481 e. The van der Waals surface area contributed by atoms with Gasteiger partial charge in [-0.15, -0.1) is 11.8 Å². The SMILES string of the molecule is Cc1cccc(C(=CCSc2ccc(OCC(=O)O)c(I)c2)c2ccccc2)c1. The van der Waals surface area contributed by atoms with E-state index in [0.717, 1.165) is 14.2 Å². The molecule has 0 radical (unpaired) electrons. The number of carboxylic acid groups (broad SMARTS) is 1. The van der Waals surface area contributed by atoms with Gasteiger partial charge in [0.05, 0.1) is 3.57 Å². The number of aliphatic carboxylic acids is 1. The Kier molecular flexibility index (Phi) is 7.77. The minimum atomic E-state index is -0.978. The van der Waals surface area contributed by atoms with Gasteiger partial charge in [0.25, 0.3) is 0 Å². The summed E-state index contributed by atoms with van der Waals surface area (Å²) in [7, 11) is 0. The summed E-state index contributed by atoms with van der Waals surface area (Å²) in [6.07, 6.45) is 2.26. The standard InChI is InChI=1S/C24H21IO3S/c1-17-6-5-9-19(14-17)21(18-7-3-2-4-8-18)12-13-29-20-10-11-23(22(25)15-20)28-16-24(26)27/h2-12,14-15H,13,16H2,1H3,(H,26,27). The fraction of sp³-hybridized carbons (Fsp3) is 0.125. The Labute approximate surface area is 188 Å². The van der Waals surface area contributed by atoms with Crippen molar-refractivity contribution in [2.45, 2.75) is 11.8 Å². The number of ether oxygens (including phenoxy) is 1. The topological polar surface area (TPSA) is 46.5 Å². The minimum absolute atomic E-state index is 0.331. The van der Waals surface area contributed by atoms with Crippen LogP contribution in [0.25, 0.3) is 5.57 Å². The lowest BCUT2D eigenvalue weighted by atomic mass is 9.97. The number of aryl methyl sites for hydroxylation is 1. The smallest absolute Gasteiger partial charge is 0.341 e. The summed E-state index contributed by atoms with van der Waals surface area (Å²) in [5, 5.41) is 8.76. The highest BCUT2D eigenvalue weighted by molar-refractivity contribution is 14.1. The molecule has 0 aliphatic heterocycles. The van der Waals surface area contributed by atoms with Crippen molar-refractivity contribution in [2.75, 3.05) is 12.4 Å². The lowest BCUT2D eigenvalue weighted by Crippen LogP contribution is -2.10. The van der Waals surface area contributed by atoms with Crippen LogP contribution in [0.3, 0.4) is 0 Å². The highest BCUT2D eigenvalue weighted by Gasteiger charge is 2.07. The lowest BCUT2D eigenvalue weighted by Gasteiger charge is -2.10. The van der Waals surface area contributed by atoms with Gasteiger partial charge in [-0.05, 0) is 64.4 Å². The quantitative estimate of drug-likeness (QED) is 0.283. The number of benzene rings is 3. The van der Waals surface area contributed by atoms with E-state index in [0.29, 0.717) is 5.75 Å². The Bertz CT molecular complexity index is 1020. The van der Waals surface area contributed by atoms with Gasteiger partial charge in [0.2, 0.25) is 0 Å². The Hall–Kier alpha value is -2.25. The first-order valence-electron chi connectivity index (χ1n) is 9.12. The van der Waals surface area contributed by atoms with Crippen LogP contribution in [0.2, 0.25) is 0 Å². The largest absolute Gasteiger partial charge is 0.481 e. The van der Waals surface area contributed by atoms with Crippen LogP contribution in [0.4, 0.5) is 0 Å². The molecule has 0 saturated carbocycles. The zero-order chi connectivity index (χ0) is 20.6. The molecule has 3 aromatic carbocycles. The molecule has 29 heavy (non-hydrogen) atoms. The summed E-state index contributed by atoms with van der Waals surface area (Å²) in [6.45, 7) is 1.78.